The van der Waals surface area contributed by atoms with E-state index in [2.05, 4.69) is 0 Å². The zero-order valence-electron chi connectivity index (χ0n) is 5.33. The van der Waals surface area contributed by atoms with Crippen molar-refractivity contribution < 1.29 is 4.79 Å². The van der Waals surface area contributed by atoms with E-state index in [-0.39, 0.29) is 5.78 Å². The minimum absolute atomic E-state index is 0.218. The number of carbonyl (C=O) groups excluding carboxylic acids is 1. The molecule has 0 N–H and O–H groups in total. The first-order valence-corrected chi connectivity index (χ1v) is 4.02. The zero-order chi connectivity index (χ0) is 6.97. The van der Waals surface area contributed by atoms with Crippen LogP contribution < -0.4 is 9.75 Å². The lowest BCUT2D eigenvalue weighted by Gasteiger charge is -1.90. The van der Waals surface area contributed by atoms with Crippen molar-refractivity contribution in [3.8, 4) is 0 Å². The second-order valence-electron chi connectivity index (χ2n) is 2.26. The van der Waals surface area contributed by atoms with Gasteiger partial charge in [-0.05, 0) is 22.7 Å². The summed E-state index contributed by atoms with van der Waals surface area (Å²) in [4.78, 5) is 10.8. The fourth-order valence-electron chi connectivity index (χ4n) is 1.03. The van der Waals surface area contributed by atoms with Gasteiger partial charge in [-0.15, -0.1) is 11.3 Å². The third-order valence-corrected chi connectivity index (χ3v) is 2.42. The van der Waals surface area contributed by atoms with Crippen LogP contribution in [0, 0.1) is 0 Å². The molecule has 0 aliphatic heterocycles. The molecule has 2 rings (SSSR count). The van der Waals surface area contributed by atoms with Gasteiger partial charge in [0.05, 0.1) is 0 Å². The molecule has 0 atom stereocenters. The van der Waals surface area contributed by atoms with Crippen LogP contribution in [0.2, 0.25) is 0 Å². The summed E-state index contributed by atoms with van der Waals surface area (Å²) in [7, 11) is 0. The third-order valence-electron chi connectivity index (χ3n) is 1.54. The van der Waals surface area contributed by atoms with Crippen LogP contribution in [0.4, 0.5) is 0 Å². The first-order valence-electron chi connectivity index (χ1n) is 3.14. The van der Waals surface area contributed by atoms with Gasteiger partial charge in [-0.25, -0.2) is 0 Å². The monoisotopic (exact) mass is 150 g/mol. The number of thiophene rings is 1. The van der Waals surface area contributed by atoms with Gasteiger partial charge >= 0.3 is 0 Å². The fourth-order valence-corrected chi connectivity index (χ4v) is 1.88. The molecule has 1 heterocycles. The van der Waals surface area contributed by atoms with Crippen LogP contribution in [0.1, 0.15) is 6.42 Å². The lowest BCUT2D eigenvalue weighted by atomic mass is 10.2. The summed E-state index contributed by atoms with van der Waals surface area (Å²) in [6.45, 7) is 0. The Bertz CT molecular complexity index is 372. The van der Waals surface area contributed by atoms with Gasteiger partial charge in [0.1, 0.15) is 0 Å². The summed E-state index contributed by atoms with van der Waals surface area (Å²) in [6.07, 6.45) is 4.28. The minimum atomic E-state index is 0.218. The maximum Gasteiger partial charge on any atom is 0.160 e. The Labute approximate surface area is 62.3 Å². The Morgan fingerprint density at radius 1 is 1.50 bits per heavy atom. The highest BCUT2D eigenvalue weighted by Gasteiger charge is 2.00. The molecule has 0 bridgehead atoms. The van der Waals surface area contributed by atoms with Gasteiger partial charge in [0.2, 0.25) is 0 Å². The van der Waals surface area contributed by atoms with Crippen molar-refractivity contribution >= 4 is 29.3 Å². The molecule has 0 radical (unpaired) electrons. The third kappa shape index (κ3) is 0.809. The van der Waals surface area contributed by atoms with Crippen molar-refractivity contribution in [1.29, 1.82) is 0 Å². The van der Waals surface area contributed by atoms with Gasteiger partial charge in [-0.3, -0.25) is 4.79 Å². The van der Waals surface area contributed by atoms with Gasteiger partial charge in [0.25, 0.3) is 0 Å². The Hall–Kier alpha value is -0.890. The van der Waals surface area contributed by atoms with E-state index in [1.54, 1.807) is 17.4 Å². The van der Waals surface area contributed by atoms with Crippen molar-refractivity contribution in [2.24, 2.45) is 0 Å². The molecule has 0 saturated heterocycles. The predicted octanol–water partition coefficient (Wildman–Crippen LogP) is 0.282. The first-order chi connectivity index (χ1) is 4.86. The standard InChI is InChI=1S/C8H6OS/c9-7-2-1-6-3-4-10-8(6)5-7/h1,3-5H,2H2. The molecule has 1 aliphatic carbocycles. The normalized spacial score (nSPS) is 15.4. The van der Waals surface area contributed by atoms with E-state index in [0.717, 1.165) is 4.53 Å². The summed E-state index contributed by atoms with van der Waals surface area (Å²) >= 11 is 1.62. The summed E-state index contributed by atoms with van der Waals surface area (Å²) in [6, 6.07) is 2.04. The van der Waals surface area contributed by atoms with Crippen LogP contribution in [0.15, 0.2) is 11.4 Å². The molecule has 0 unspecified atom stereocenters. The van der Waals surface area contributed by atoms with Crippen molar-refractivity contribution in [3.63, 3.8) is 0 Å². The lowest BCUT2D eigenvalue weighted by Crippen LogP contribution is -2.23. The molecule has 0 aromatic carbocycles. The maximum atomic E-state index is 10.8. The van der Waals surface area contributed by atoms with Gasteiger partial charge in [-0.2, -0.15) is 0 Å². The number of Topliss-reactive ketones (excluding diaryl/α,β-unsaturated/α-hetero) is 1. The van der Waals surface area contributed by atoms with E-state index in [9.17, 15) is 4.79 Å². The Morgan fingerprint density at radius 3 is 3.30 bits per heavy atom. The van der Waals surface area contributed by atoms with Crippen molar-refractivity contribution in [1.82, 2.24) is 0 Å². The molecule has 0 spiro atoms. The smallest absolute Gasteiger partial charge is 0.160 e. The molecular weight excluding hydrogens is 144 g/mol. The van der Waals surface area contributed by atoms with Crippen LogP contribution in [0.25, 0.3) is 12.2 Å². The van der Waals surface area contributed by atoms with E-state index >= 15 is 0 Å². The average Bonchev–Trinajstić information content (AvgIpc) is 2.33. The van der Waals surface area contributed by atoms with E-state index in [1.807, 2.05) is 17.5 Å². The largest absolute Gasteiger partial charge is 0.294 e. The van der Waals surface area contributed by atoms with Gasteiger partial charge in [0, 0.05) is 11.0 Å². The number of carbonyl (C=O) groups is 1. The molecule has 2 heteroatoms. The number of ketones is 1. The molecule has 50 valence electrons. The molecule has 10 heavy (non-hydrogen) atoms. The molecule has 0 saturated carbocycles. The highest BCUT2D eigenvalue weighted by atomic mass is 32.1. The van der Waals surface area contributed by atoms with E-state index < -0.39 is 0 Å². The molecule has 1 aromatic heterocycles. The van der Waals surface area contributed by atoms with Gasteiger partial charge in [-0.1, -0.05) is 6.08 Å². The molecule has 1 nitrogen and oxygen atoms in total. The number of rotatable bonds is 0. The Kier molecular flexibility index (Phi) is 1.21. The molecule has 0 amide bonds. The molecular formula is C8H6OS. The van der Waals surface area contributed by atoms with Crippen molar-refractivity contribution in [2.45, 2.75) is 6.42 Å². The average molecular weight is 150 g/mol. The van der Waals surface area contributed by atoms with E-state index in [1.165, 1.54) is 5.22 Å². The number of hydrogen-bond donors (Lipinski definition) is 0. The SMILES string of the molecule is O=C1C=c2sccc2=CC1. The zero-order valence-corrected chi connectivity index (χ0v) is 6.15. The second-order valence-corrected chi connectivity index (χ2v) is 3.21. The second kappa shape index (κ2) is 2.06. The van der Waals surface area contributed by atoms with Gasteiger partial charge in [0.15, 0.2) is 5.78 Å². The van der Waals surface area contributed by atoms with Crippen LogP contribution in [0.3, 0.4) is 0 Å². The van der Waals surface area contributed by atoms with Crippen LogP contribution in [-0.2, 0) is 4.79 Å². The Balaban J connectivity index is 2.85. The quantitative estimate of drug-likeness (QED) is 0.519. The predicted molar refractivity (Wildman–Crippen MR) is 42.1 cm³/mol. The van der Waals surface area contributed by atoms with Crippen molar-refractivity contribution in [2.75, 3.05) is 0 Å². The van der Waals surface area contributed by atoms with Crippen LogP contribution in [0.5, 0.6) is 0 Å². The highest BCUT2D eigenvalue weighted by molar-refractivity contribution is 7.07. The first kappa shape index (κ1) is 5.86. The summed E-state index contributed by atoms with van der Waals surface area (Å²) in [5, 5.41) is 3.22. The van der Waals surface area contributed by atoms with Crippen LogP contribution in [-0.4, -0.2) is 5.78 Å². The molecule has 1 aromatic rings. The summed E-state index contributed by atoms with van der Waals surface area (Å²) in [5.41, 5.74) is 0. The number of hydrogen-bond acceptors (Lipinski definition) is 2. The van der Waals surface area contributed by atoms with E-state index in [0.29, 0.717) is 6.42 Å². The van der Waals surface area contributed by atoms with Crippen LogP contribution >= 0.6 is 11.3 Å². The summed E-state index contributed by atoms with van der Waals surface area (Å²) < 4.78 is 1.11. The highest BCUT2D eigenvalue weighted by Crippen LogP contribution is 1.93. The lowest BCUT2D eigenvalue weighted by molar-refractivity contribution is -0.112. The number of fused-ring (bicyclic) bond motifs is 1. The van der Waals surface area contributed by atoms with Gasteiger partial charge < -0.3 is 0 Å². The fraction of sp³-hybridized carbons (Fsp3) is 0.125. The maximum absolute atomic E-state index is 10.8. The minimum Gasteiger partial charge on any atom is -0.294 e. The van der Waals surface area contributed by atoms with Crippen molar-refractivity contribution in [3.05, 3.63) is 21.2 Å². The van der Waals surface area contributed by atoms with E-state index in [4.69, 9.17) is 0 Å². The Morgan fingerprint density at radius 2 is 2.40 bits per heavy atom. The topological polar surface area (TPSA) is 17.1 Å². The molecule has 1 aliphatic rings. The summed E-state index contributed by atoms with van der Waals surface area (Å²) in [5.74, 6) is 0.218. The molecule has 0 fully saturated rings.